The van der Waals surface area contributed by atoms with Crippen molar-refractivity contribution < 1.29 is 0 Å². The zero-order valence-corrected chi connectivity index (χ0v) is 48.4. The van der Waals surface area contributed by atoms with Crippen molar-refractivity contribution in [2.45, 2.75) is 10.8 Å². The normalized spacial score (nSPS) is 14.4. The number of nitrogens with zero attached hydrogens (tertiary/aromatic N) is 3. The number of anilines is 6. The third-order valence-corrected chi connectivity index (χ3v) is 20.6. The number of aromatic nitrogens is 1. The van der Waals surface area contributed by atoms with Crippen molar-refractivity contribution in [1.29, 1.82) is 0 Å². The number of rotatable bonds is 5. The zero-order valence-electron chi connectivity index (χ0n) is 48.4. The highest BCUT2D eigenvalue weighted by molar-refractivity contribution is 7.00. The van der Waals surface area contributed by atoms with Crippen molar-refractivity contribution in [2.75, 3.05) is 9.80 Å². The molecule has 0 N–H and O–H groups in total. The molecular weight excluding hydrogens is 1070 g/mol. The van der Waals surface area contributed by atoms with Crippen LogP contribution in [0.2, 0.25) is 0 Å². The van der Waals surface area contributed by atoms with Crippen LogP contribution in [-0.2, 0) is 10.8 Å². The SMILES string of the molecule is c1ccc(-c2nc3c4c5c(cc3c3ccccc23)N2c3ccccc3C(c3ccc6ccccc6c3)(c3ccc6ccccc6c3)c3cccc(c32)B5c2cccc3c2N4c2ccccc2C3(c2ccc3ccccc3c2)c2ccc3ccccc3c2)cc1. The molecular formula is C85H52BN3. The van der Waals surface area contributed by atoms with Crippen LogP contribution in [0.1, 0.15) is 44.5 Å². The summed E-state index contributed by atoms with van der Waals surface area (Å²) in [4.78, 5) is 11.5. The number of para-hydroxylation sites is 4. The van der Waals surface area contributed by atoms with Gasteiger partial charge in [0.05, 0.1) is 39.1 Å². The van der Waals surface area contributed by atoms with Gasteiger partial charge in [-0.2, -0.15) is 0 Å². The molecule has 89 heavy (non-hydrogen) atoms. The Kier molecular flexibility index (Phi) is 9.95. The molecule has 0 bridgehead atoms. The Balaban J connectivity index is 0.972. The van der Waals surface area contributed by atoms with E-state index in [0.29, 0.717) is 0 Å². The Morgan fingerprint density at radius 1 is 0.270 bits per heavy atom. The van der Waals surface area contributed by atoms with E-state index in [9.17, 15) is 0 Å². The van der Waals surface area contributed by atoms with E-state index in [-0.39, 0.29) is 6.71 Å². The molecule has 0 radical (unpaired) electrons. The van der Waals surface area contributed by atoms with Gasteiger partial charge in [-0.25, -0.2) is 4.98 Å². The third kappa shape index (κ3) is 6.44. The van der Waals surface area contributed by atoms with Crippen molar-refractivity contribution in [1.82, 2.24) is 4.98 Å². The van der Waals surface area contributed by atoms with Crippen LogP contribution in [-0.4, -0.2) is 11.7 Å². The summed E-state index contributed by atoms with van der Waals surface area (Å²) in [6, 6.07) is 120. The molecule has 0 fully saturated rings. The minimum Gasteiger partial charge on any atom is -0.311 e. The van der Waals surface area contributed by atoms with Gasteiger partial charge >= 0.3 is 0 Å². The molecule has 0 saturated heterocycles. The van der Waals surface area contributed by atoms with E-state index in [0.717, 1.165) is 44.6 Å². The minimum atomic E-state index is -0.774. The fourth-order valence-corrected chi connectivity index (χ4v) is 17.0. The van der Waals surface area contributed by atoms with Crippen molar-refractivity contribution >= 4 is 122 Å². The summed E-state index contributed by atoms with van der Waals surface area (Å²) in [7, 11) is 0. The summed E-state index contributed by atoms with van der Waals surface area (Å²) in [5, 5.41) is 13.2. The second-order valence-electron chi connectivity index (χ2n) is 24.8. The largest absolute Gasteiger partial charge is 0.311 e. The molecule has 4 heteroatoms. The Hall–Kier alpha value is -11.3. The van der Waals surface area contributed by atoms with Gasteiger partial charge < -0.3 is 9.80 Å². The standard InChI is InChI=1S/C85H52BN3/c1-2-24-57(25-3-1)79-67-31-13-12-30-66(67)68-52-77-78-83(80(68)87-79)89-76-39-17-15-33-70(76)85(64-46-42-55-22-6-10-28-60(55)50-64,65-47-43-56-23-7-11-29-61(56)51-65)72-35-19-37-74(82(72)89)86(78)73-36-18-34-71-81(73)88(77)75-38-16-14-32-69(75)84(71,62-44-40-53-20-4-8-26-58(53)48-62)63-45-41-54-21-5-9-27-59(54)49-63/h1-52H. The lowest BCUT2D eigenvalue weighted by Gasteiger charge is -2.54. The maximum Gasteiger partial charge on any atom is 0.252 e. The highest BCUT2D eigenvalue weighted by Crippen LogP contribution is 2.63. The van der Waals surface area contributed by atoms with Gasteiger partial charge in [0.15, 0.2) is 0 Å². The summed E-state index contributed by atoms with van der Waals surface area (Å²) in [5.74, 6) is 0. The first kappa shape index (κ1) is 48.9. The van der Waals surface area contributed by atoms with Crippen LogP contribution in [0.15, 0.2) is 315 Å². The number of fused-ring (bicyclic) bond motifs is 16. The van der Waals surface area contributed by atoms with E-state index in [2.05, 4.69) is 325 Å². The molecule has 0 amide bonds. The average molecular weight is 1130 g/mol. The predicted octanol–water partition coefficient (Wildman–Crippen LogP) is 19.1. The van der Waals surface area contributed by atoms with Gasteiger partial charge in [0.25, 0.3) is 6.71 Å². The summed E-state index contributed by atoms with van der Waals surface area (Å²) in [6.45, 7) is -0.220. The Labute approximate surface area is 515 Å². The molecule has 15 aromatic carbocycles. The Bertz CT molecular complexity index is 5580. The third-order valence-electron chi connectivity index (χ3n) is 20.6. The monoisotopic (exact) mass is 1130 g/mol. The predicted molar refractivity (Wildman–Crippen MR) is 372 cm³/mol. The van der Waals surface area contributed by atoms with Gasteiger partial charge in [0.2, 0.25) is 0 Å². The number of benzene rings is 15. The lowest BCUT2D eigenvalue weighted by Crippen LogP contribution is -2.63. The van der Waals surface area contributed by atoms with Gasteiger partial charge in [-0.05, 0) is 152 Å². The summed E-state index contributed by atoms with van der Waals surface area (Å²) in [5.41, 5.74) is 22.2. The summed E-state index contributed by atoms with van der Waals surface area (Å²) in [6.07, 6.45) is 0. The zero-order chi connectivity index (χ0) is 58.1. The fraction of sp³-hybridized carbons (Fsp3) is 0.0235. The van der Waals surface area contributed by atoms with Crippen LogP contribution in [0.25, 0.3) is 76.0 Å². The maximum absolute atomic E-state index is 6.11. The van der Waals surface area contributed by atoms with Crippen molar-refractivity contribution in [3.63, 3.8) is 0 Å². The highest BCUT2D eigenvalue weighted by Gasteiger charge is 2.56. The van der Waals surface area contributed by atoms with Crippen molar-refractivity contribution in [3.05, 3.63) is 360 Å². The van der Waals surface area contributed by atoms with Gasteiger partial charge in [0.1, 0.15) is 0 Å². The van der Waals surface area contributed by atoms with E-state index in [4.69, 9.17) is 4.98 Å². The molecule has 20 rings (SSSR count). The molecule has 0 spiro atoms. The quantitative estimate of drug-likeness (QED) is 0.126. The van der Waals surface area contributed by atoms with Gasteiger partial charge in [-0.15, -0.1) is 0 Å². The Morgan fingerprint density at radius 3 is 1.16 bits per heavy atom. The lowest BCUT2D eigenvalue weighted by molar-refractivity contribution is 0.733. The molecule has 1 aromatic heterocycles. The van der Waals surface area contributed by atoms with Crippen LogP contribution >= 0.6 is 0 Å². The molecule has 3 nitrogen and oxygen atoms in total. The average Bonchev–Trinajstić information content (AvgIpc) is 0.668. The molecule has 0 aliphatic carbocycles. The summed E-state index contributed by atoms with van der Waals surface area (Å²) < 4.78 is 0. The van der Waals surface area contributed by atoms with E-state index in [1.165, 1.54) is 126 Å². The van der Waals surface area contributed by atoms with Crippen LogP contribution in [0.4, 0.5) is 34.1 Å². The topological polar surface area (TPSA) is 19.4 Å². The fourth-order valence-electron chi connectivity index (χ4n) is 17.0. The smallest absolute Gasteiger partial charge is 0.252 e. The molecule has 5 heterocycles. The van der Waals surface area contributed by atoms with E-state index in [1.807, 2.05) is 0 Å². The molecule has 4 aliphatic heterocycles. The highest BCUT2D eigenvalue weighted by atomic mass is 15.2. The number of pyridine rings is 1. The first-order valence-electron chi connectivity index (χ1n) is 31.1. The first-order valence-corrected chi connectivity index (χ1v) is 31.1. The molecule has 0 atom stereocenters. The molecule has 0 saturated carbocycles. The van der Waals surface area contributed by atoms with Crippen LogP contribution in [0.5, 0.6) is 0 Å². The maximum atomic E-state index is 6.11. The van der Waals surface area contributed by atoms with E-state index < -0.39 is 10.8 Å². The molecule has 410 valence electrons. The van der Waals surface area contributed by atoms with E-state index >= 15 is 0 Å². The van der Waals surface area contributed by atoms with Crippen molar-refractivity contribution in [2.24, 2.45) is 0 Å². The van der Waals surface area contributed by atoms with Crippen LogP contribution in [0.3, 0.4) is 0 Å². The van der Waals surface area contributed by atoms with Gasteiger partial charge in [-0.1, -0.05) is 273 Å². The van der Waals surface area contributed by atoms with Crippen LogP contribution < -0.4 is 26.2 Å². The number of hydrogen-bond donors (Lipinski definition) is 0. The molecule has 0 unspecified atom stereocenters. The van der Waals surface area contributed by atoms with Crippen molar-refractivity contribution in [3.8, 4) is 11.3 Å². The molecule has 4 aliphatic rings. The second-order valence-corrected chi connectivity index (χ2v) is 24.8. The number of hydrogen-bond acceptors (Lipinski definition) is 3. The van der Waals surface area contributed by atoms with Crippen LogP contribution in [0, 0.1) is 0 Å². The lowest BCUT2D eigenvalue weighted by atomic mass is 9.32. The molecule has 16 aromatic rings. The van der Waals surface area contributed by atoms with Gasteiger partial charge in [-0.3, -0.25) is 0 Å². The first-order chi connectivity index (χ1) is 44.1. The van der Waals surface area contributed by atoms with Gasteiger partial charge in [0, 0.05) is 33.4 Å². The second kappa shape index (κ2) is 18.1. The Morgan fingerprint density at radius 2 is 0.663 bits per heavy atom. The minimum absolute atomic E-state index is 0.220. The summed E-state index contributed by atoms with van der Waals surface area (Å²) >= 11 is 0. The van der Waals surface area contributed by atoms with E-state index in [1.54, 1.807) is 0 Å².